The molecule has 4 aliphatic carbocycles. The molecule has 0 saturated heterocycles. The van der Waals surface area contributed by atoms with E-state index in [0.29, 0.717) is 0 Å². The highest BCUT2D eigenvalue weighted by atomic mass is 16.3. The van der Waals surface area contributed by atoms with E-state index in [1.165, 1.54) is 33.4 Å². The van der Waals surface area contributed by atoms with Crippen molar-refractivity contribution in [2.75, 3.05) is 9.80 Å². The number of terminal acetylenes is 1. The molecule has 5 aromatic carbocycles. The number of furan rings is 1. The molecular formula is C57H42N2O. The zero-order chi connectivity index (χ0) is 40.2. The van der Waals surface area contributed by atoms with E-state index < -0.39 is 5.41 Å². The molecule has 60 heavy (non-hydrogen) atoms. The second-order valence-electron chi connectivity index (χ2n) is 16.0. The van der Waals surface area contributed by atoms with Crippen LogP contribution < -0.4 is 9.80 Å². The molecule has 2 heterocycles. The van der Waals surface area contributed by atoms with Crippen molar-refractivity contribution < 1.29 is 4.42 Å². The van der Waals surface area contributed by atoms with E-state index in [0.717, 1.165) is 63.2 Å². The molecule has 0 N–H and O–H groups in total. The van der Waals surface area contributed by atoms with Gasteiger partial charge in [0.05, 0.1) is 17.2 Å². The first-order chi connectivity index (χ1) is 29.7. The number of hydrogen-bond acceptors (Lipinski definition) is 3. The monoisotopic (exact) mass is 770 g/mol. The van der Waals surface area contributed by atoms with Crippen LogP contribution in [0.15, 0.2) is 204 Å². The molecule has 11 rings (SSSR count). The Kier molecular flexibility index (Phi) is 8.58. The van der Waals surface area contributed by atoms with Gasteiger partial charge in [-0.05, 0) is 125 Å². The number of nitrogens with zero attached hydrogens (tertiary/aromatic N) is 2. The third-order valence-corrected chi connectivity index (χ3v) is 13.1. The van der Waals surface area contributed by atoms with Gasteiger partial charge in [-0.2, -0.15) is 0 Å². The van der Waals surface area contributed by atoms with Crippen molar-refractivity contribution in [1.29, 1.82) is 0 Å². The van der Waals surface area contributed by atoms with Gasteiger partial charge in [-0.15, -0.1) is 6.42 Å². The number of rotatable bonds is 6. The molecule has 0 radical (unpaired) electrons. The summed E-state index contributed by atoms with van der Waals surface area (Å²) < 4.78 is 6.55. The molecule has 4 unspecified atom stereocenters. The summed E-state index contributed by atoms with van der Waals surface area (Å²) in [4.78, 5) is 4.77. The van der Waals surface area contributed by atoms with Crippen molar-refractivity contribution in [3.8, 4) is 24.2 Å². The van der Waals surface area contributed by atoms with E-state index >= 15 is 0 Å². The number of allylic oxidation sites excluding steroid dienone is 14. The van der Waals surface area contributed by atoms with Gasteiger partial charge in [-0.3, -0.25) is 0 Å². The Bertz CT molecular complexity index is 3110. The van der Waals surface area contributed by atoms with Crippen LogP contribution in [0, 0.1) is 30.1 Å². The maximum absolute atomic E-state index is 6.55. The Balaban J connectivity index is 1.15. The van der Waals surface area contributed by atoms with Crippen LogP contribution in [0.3, 0.4) is 0 Å². The average Bonchev–Trinajstić information content (AvgIpc) is 3.84. The number of anilines is 4. The van der Waals surface area contributed by atoms with Crippen LogP contribution in [0.4, 0.5) is 22.7 Å². The van der Waals surface area contributed by atoms with E-state index in [1.807, 2.05) is 19.1 Å². The second kappa shape index (κ2) is 14.4. The van der Waals surface area contributed by atoms with Crippen LogP contribution >= 0.6 is 0 Å². The molecule has 1 aliphatic heterocycles. The molecule has 3 heteroatoms. The lowest BCUT2D eigenvalue weighted by atomic mass is 9.61. The SMILES string of the molecule is C#CC#C/C(=C\C)N1c2ccc(N(c3ccc4c(c3)C(c3ccccc3)(C3C=CC=CC3)C3=C4CC=CC=C3)c3ccc4c(c3)oc3ccccc34)cc2C2C=CC=CC21. The maximum atomic E-state index is 6.55. The molecule has 6 aromatic rings. The minimum Gasteiger partial charge on any atom is -0.456 e. The van der Waals surface area contributed by atoms with E-state index in [4.69, 9.17) is 10.8 Å². The zero-order valence-corrected chi connectivity index (χ0v) is 33.4. The van der Waals surface area contributed by atoms with Gasteiger partial charge in [0.2, 0.25) is 0 Å². The molecule has 4 atom stereocenters. The van der Waals surface area contributed by atoms with Crippen LogP contribution in [0.1, 0.15) is 47.9 Å². The molecule has 0 spiro atoms. The third kappa shape index (κ3) is 5.40. The van der Waals surface area contributed by atoms with Crippen LogP contribution in [0.2, 0.25) is 0 Å². The topological polar surface area (TPSA) is 19.6 Å². The Morgan fingerprint density at radius 3 is 2.40 bits per heavy atom. The van der Waals surface area contributed by atoms with E-state index in [9.17, 15) is 0 Å². The first-order valence-corrected chi connectivity index (χ1v) is 20.9. The molecule has 3 nitrogen and oxygen atoms in total. The van der Waals surface area contributed by atoms with Crippen LogP contribution in [-0.2, 0) is 5.41 Å². The minimum absolute atomic E-state index is 0.0894. The number of fused-ring (bicyclic) bond motifs is 8. The fraction of sp³-hybridized carbons (Fsp3) is 0.123. The highest BCUT2D eigenvalue weighted by Gasteiger charge is 2.50. The van der Waals surface area contributed by atoms with Crippen LogP contribution in [-0.4, -0.2) is 6.04 Å². The molecule has 0 fully saturated rings. The normalized spacial score (nSPS) is 22.0. The summed E-state index contributed by atoms with van der Waals surface area (Å²) >= 11 is 0. The highest BCUT2D eigenvalue weighted by molar-refractivity contribution is 6.06. The Morgan fingerprint density at radius 2 is 1.53 bits per heavy atom. The van der Waals surface area contributed by atoms with Crippen molar-refractivity contribution in [2.45, 2.75) is 37.1 Å². The zero-order valence-electron chi connectivity index (χ0n) is 33.4. The number of para-hydroxylation sites is 1. The van der Waals surface area contributed by atoms with Crippen molar-refractivity contribution >= 4 is 50.3 Å². The smallest absolute Gasteiger partial charge is 0.137 e. The molecule has 0 amide bonds. The summed E-state index contributed by atoms with van der Waals surface area (Å²) in [5.41, 5.74) is 14.6. The van der Waals surface area contributed by atoms with Gasteiger partial charge in [0, 0.05) is 45.5 Å². The van der Waals surface area contributed by atoms with Crippen molar-refractivity contribution in [3.63, 3.8) is 0 Å². The van der Waals surface area contributed by atoms with E-state index in [-0.39, 0.29) is 17.9 Å². The lowest BCUT2D eigenvalue weighted by Gasteiger charge is -2.41. The third-order valence-electron chi connectivity index (χ3n) is 13.1. The van der Waals surface area contributed by atoms with Gasteiger partial charge in [0.25, 0.3) is 0 Å². The summed E-state index contributed by atoms with van der Waals surface area (Å²) in [6.07, 6.45) is 36.7. The van der Waals surface area contributed by atoms with Gasteiger partial charge in [-0.1, -0.05) is 134 Å². The summed E-state index contributed by atoms with van der Waals surface area (Å²) in [6.45, 7) is 2.03. The van der Waals surface area contributed by atoms with Crippen LogP contribution in [0.5, 0.6) is 0 Å². The number of hydrogen-bond donors (Lipinski definition) is 0. The van der Waals surface area contributed by atoms with Crippen LogP contribution in [0.25, 0.3) is 27.5 Å². The lowest BCUT2D eigenvalue weighted by Crippen LogP contribution is -2.36. The molecular weight excluding hydrogens is 729 g/mol. The van der Waals surface area contributed by atoms with Gasteiger partial charge in [0.15, 0.2) is 0 Å². The molecule has 286 valence electrons. The van der Waals surface area contributed by atoms with Gasteiger partial charge < -0.3 is 14.2 Å². The fourth-order valence-electron chi connectivity index (χ4n) is 10.6. The Morgan fingerprint density at radius 1 is 0.767 bits per heavy atom. The molecule has 5 aliphatic rings. The molecule has 0 bridgehead atoms. The largest absolute Gasteiger partial charge is 0.456 e. The maximum Gasteiger partial charge on any atom is 0.137 e. The fourth-order valence-corrected chi connectivity index (χ4v) is 10.6. The lowest BCUT2D eigenvalue weighted by molar-refractivity contribution is 0.454. The predicted molar refractivity (Wildman–Crippen MR) is 249 cm³/mol. The van der Waals surface area contributed by atoms with E-state index in [1.54, 1.807) is 0 Å². The van der Waals surface area contributed by atoms with Gasteiger partial charge in [0.1, 0.15) is 11.2 Å². The van der Waals surface area contributed by atoms with Crippen molar-refractivity contribution in [2.24, 2.45) is 5.92 Å². The first kappa shape index (κ1) is 35.7. The second-order valence-corrected chi connectivity index (χ2v) is 16.0. The summed E-state index contributed by atoms with van der Waals surface area (Å²) in [6, 6.07) is 40.4. The quantitative estimate of drug-likeness (QED) is 0.157. The number of benzene rings is 5. The predicted octanol–water partition coefficient (Wildman–Crippen LogP) is 13.7. The summed E-state index contributed by atoms with van der Waals surface area (Å²) in [7, 11) is 0. The summed E-state index contributed by atoms with van der Waals surface area (Å²) in [5, 5.41) is 2.23. The minimum atomic E-state index is -0.396. The molecule has 1 aromatic heterocycles. The van der Waals surface area contributed by atoms with E-state index in [2.05, 4.69) is 204 Å². The Labute approximate surface area is 352 Å². The standard InChI is InChI=1S/C57H42N2O/c1-3-5-23-41(4-2)59-53-28-17-15-25-47(53)50-36-42(32-35-54(50)59)58(44-31-34-49-48-26-16-18-29-55(48)60-56(49)38-44)43-30-33-46-45-24-13-8-14-27-51(45)57(52(46)37-43,39-19-9-6-10-20-39)40-21-11-7-12-22-40/h1,4,6-21,25-38,40,47,53H,22,24H2,2H3/b41-4+. The molecule has 0 saturated carbocycles. The van der Waals surface area contributed by atoms with Crippen molar-refractivity contribution in [1.82, 2.24) is 0 Å². The first-order valence-electron chi connectivity index (χ1n) is 20.9. The van der Waals surface area contributed by atoms with Crippen molar-refractivity contribution in [3.05, 3.63) is 222 Å². The highest BCUT2D eigenvalue weighted by Crippen LogP contribution is 2.59. The van der Waals surface area contributed by atoms with Gasteiger partial charge in [-0.25, -0.2) is 0 Å². The van der Waals surface area contributed by atoms with Gasteiger partial charge >= 0.3 is 0 Å². The summed E-state index contributed by atoms with van der Waals surface area (Å²) in [5.74, 6) is 9.00. The Hall–Kier alpha value is -7.46. The average molecular weight is 771 g/mol.